The molecule has 2 saturated heterocycles. The van der Waals surface area contributed by atoms with Gasteiger partial charge in [0.15, 0.2) is 0 Å². The van der Waals surface area contributed by atoms with Gasteiger partial charge in [-0.2, -0.15) is 5.10 Å². The molecule has 27 heavy (non-hydrogen) atoms. The third-order valence-corrected chi connectivity index (χ3v) is 8.67. The van der Waals surface area contributed by atoms with Gasteiger partial charge in [-0.25, -0.2) is 9.67 Å². The Morgan fingerprint density at radius 3 is 2.70 bits per heavy atom. The number of aromatic nitrogens is 3. The van der Waals surface area contributed by atoms with Crippen molar-refractivity contribution < 1.29 is 4.79 Å². The second-order valence-electron chi connectivity index (χ2n) is 10.6. The van der Waals surface area contributed by atoms with Crippen LogP contribution in [-0.4, -0.2) is 51.8 Å². The summed E-state index contributed by atoms with van der Waals surface area (Å²) in [6.07, 6.45) is 14.2. The Balaban J connectivity index is 1.29. The van der Waals surface area contributed by atoms with E-state index in [9.17, 15) is 4.79 Å². The van der Waals surface area contributed by atoms with E-state index < -0.39 is 0 Å². The molecule has 1 aromatic heterocycles. The average molecular weight is 370 g/mol. The van der Waals surface area contributed by atoms with Gasteiger partial charge in [0, 0.05) is 25.0 Å². The molecule has 0 radical (unpaired) electrons. The van der Waals surface area contributed by atoms with Crippen molar-refractivity contribution in [2.45, 2.75) is 63.3 Å². The molecule has 0 aromatic carbocycles. The minimum atomic E-state index is -0.135. The molecule has 6 heteroatoms. The van der Waals surface area contributed by atoms with Crippen molar-refractivity contribution in [3.8, 4) is 0 Å². The fraction of sp³-hybridized carbons (Fsp3) is 0.857. The maximum atomic E-state index is 13.9. The number of piperidine rings is 1. The van der Waals surface area contributed by atoms with Crippen molar-refractivity contribution in [2.24, 2.45) is 22.7 Å². The van der Waals surface area contributed by atoms with E-state index in [-0.39, 0.29) is 11.0 Å². The topological polar surface area (TPSA) is 63.1 Å². The van der Waals surface area contributed by atoms with E-state index in [4.69, 9.17) is 0 Å². The number of rotatable bonds is 2. The zero-order chi connectivity index (χ0) is 18.1. The number of hydrogen-bond donors (Lipinski definition) is 1. The molecule has 4 saturated carbocycles. The highest BCUT2D eigenvalue weighted by Gasteiger charge is 2.63. The van der Waals surface area contributed by atoms with Gasteiger partial charge in [-0.15, -0.1) is 0 Å². The molecule has 6 aliphatic rings. The molecule has 3 unspecified atom stereocenters. The SMILES string of the molecule is O=C(N1CCC2(CCCNC2)C1)C12CC3CC(C1)CC(n1cncn1)(C3)C2. The summed E-state index contributed by atoms with van der Waals surface area (Å²) in [4.78, 5) is 20.4. The quantitative estimate of drug-likeness (QED) is 0.868. The lowest BCUT2D eigenvalue weighted by atomic mass is 9.46. The van der Waals surface area contributed by atoms with Crippen LogP contribution in [0.15, 0.2) is 12.7 Å². The zero-order valence-corrected chi connectivity index (χ0v) is 16.2. The summed E-state index contributed by atoms with van der Waals surface area (Å²) in [5.41, 5.74) is 0.253. The van der Waals surface area contributed by atoms with Gasteiger partial charge >= 0.3 is 0 Å². The van der Waals surface area contributed by atoms with E-state index >= 15 is 0 Å². The molecule has 3 heterocycles. The third kappa shape index (κ3) is 2.38. The highest BCUT2D eigenvalue weighted by Crippen LogP contribution is 2.64. The molecule has 1 amide bonds. The number of amides is 1. The first-order chi connectivity index (χ1) is 13.1. The molecular weight excluding hydrogens is 338 g/mol. The van der Waals surface area contributed by atoms with E-state index in [0.29, 0.717) is 23.2 Å². The predicted octanol–water partition coefficient (Wildman–Crippen LogP) is 2.18. The third-order valence-electron chi connectivity index (χ3n) is 8.67. The minimum Gasteiger partial charge on any atom is -0.342 e. The molecule has 7 rings (SSSR count). The lowest BCUT2D eigenvalue weighted by molar-refractivity contribution is -0.166. The van der Waals surface area contributed by atoms with Crippen LogP contribution in [0.4, 0.5) is 0 Å². The number of carbonyl (C=O) groups excluding carboxylic acids is 1. The lowest BCUT2D eigenvalue weighted by Crippen LogP contribution is -2.61. The standard InChI is InChI=1S/C21H31N5O/c27-18(25-5-3-19(13-25)2-1-4-22-12-19)20-7-16-6-17(8-20)10-21(9-16,11-20)26-15-23-14-24-26/h14-17,22H,1-13H2. The van der Waals surface area contributed by atoms with Gasteiger partial charge in [0.2, 0.25) is 5.91 Å². The van der Waals surface area contributed by atoms with Gasteiger partial charge in [0.05, 0.1) is 11.0 Å². The van der Waals surface area contributed by atoms with Crippen molar-refractivity contribution in [1.82, 2.24) is 25.0 Å². The first kappa shape index (κ1) is 16.5. The Bertz CT molecular complexity index is 724. The van der Waals surface area contributed by atoms with Crippen molar-refractivity contribution in [3.63, 3.8) is 0 Å². The number of carbonyl (C=O) groups is 1. The Kier molecular flexibility index (Phi) is 3.40. The maximum absolute atomic E-state index is 13.9. The summed E-state index contributed by atoms with van der Waals surface area (Å²) in [6, 6.07) is 0. The van der Waals surface area contributed by atoms with Crippen LogP contribution < -0.4 is 5.32 Å². The van der Waals surface area contributed by atoms with Gasteiger partial charge < -0.3 is 10.2 Å². The largest absolute Gasteiger partial charge is 0.342 e. The number of likely N-dealkylation sites (tertiary alicyclic amines) is 1. The molecule has 4 aliphatic carbocycles. The molecule has 146 valence electrons. The average Bonchev–Trinajstić information content (AvgIpc) is 3.32. The van der Waals surface area contributed by atoms with Crippen molar-refractivity contribution >= 4 is 5.91 Å². The van der Waals surface area contributed by atoms with Gasteiger partial charge in [0.1, 0.15) is 12.7 Å². The molecular formula is C21H31N5O. The van der Waals surface area contributed by atoms with E-state index in [0.717, 1.165) is 45.4 Å². The molecule has 1 aromatic rings. The fourth-order valence-electron chi connectivity index (χ4n) is 8.01. The van der Waals surface area contributed by atoms with Crippen LogP contribution in [0.25, 0.3) is 0 Å². The van der Waals surface area contributed by atoms with Gasteiger partial charge in [0.25, 0.3) is 0 Å². The van der Waals surface area contributed by atoms with E-state index in [1.54, 1.807) is 6.33 Å². The second-order valence-corrected chi connectivity index (χ2v) is 10.6. The smallest absolute Gasteiger partial charge is 0.228 e. The molecule has 4 bridgehead atoms. The van der Waals surface area contributed by atoms with Gasteiger partial charge in [-0.1, -0.05) is 0 Å². The van der Waals surface area contributed by atoms with Crippen LogP contribution in [0.1, 0.15) is 57.8 Å². The van der Waals surface area contributed by atoms with Crippen molar-refractivity contribution in [2.75, 3.05) is 26.2 Å². The summed E-state index contributed by atoms with van der Waals surface area (Å²) in [5.74, 6) is 1.85. The summed E-state index contributed by atoms with van der Waals surface area (Å²) in [7, 11) is 0. The summed E-state index contributed by atoms with van der Waals surface area (Å²) >= 11 is 0. The number of nitrogens with one attached hydrogen (secondary N) is 1. The molecule has 2 aliphatic heterocycles. The Hall–Kier alpha value is -1.43. The Morgan fingerprint density at radius 1 is 1.15 bits per heavy atom. The lowest BCUT2D eigenvalue weighted by Gasteiger charge is -2.61. The fourth-order valence-corrected chi connectivity index (χ4v) is 8.01. The maximum Gasteiger partial charge on any atom is 0.228 e. The van der Waals surface area contributed by atoms with Crippen LogP contribution in [0, 0.1) is 22.7 Å². The van der Waals surface area contributed by atoms with E-state index in [1.807, 2.05) is 6.33 Å². The van der Waals surface area contributed by atoms with Crippen molar-refractivity contribution in [1.29, 1.82) is 0 Å². The molecule has 6 nitrogen and oxygen atoms in total. The monoisotopic (exact) mass is 369 g/mol. The zero-order valence-electron chi connectivity index (χ0n) is 16.2. The highest BCUT2D eigenvalue weighted by molar-refractivity contribution is 5.84. The van der Waals surface area contributed by atoms with Crippen LogP contribution in [0.3, 0.4) is 0 Å². The van der Waals surface area contributed by atoms with Crippen LogP contribution in [0.2, 0.25) is 0 Å². The van der Waals surface area contributed by atoms with Crippen LogP contribution in [-0.2, 0) is 10.3 Å². The second kappa shape index (κ2) is 5.56. The van der Waals surface area contributed by atoms with E-state index in [1.165, 1.54) is 38.5 Å². The van der Waals surface area contributed by atoms with Crippen LogP contribution >= 0.6 is 0 Å². The summed E-state index contributed by atoms with van der Waals surface area (Å²) < 4.78 is 2.11. The molecule has 6 fully saturated rings. The molecule has 1 spiro atoms. The number of hydrogen-bond acceptors (Lipinski definition) is 4. The predicted molar refractivity (Wildman–Crippen MR) is 101 cm³/mol. The Morgan fingerprint density at radius 2 is 2.00 bits per heavy atom. The first-order valence-electron chi connectivity index (χ1n) is 11.0. The first-order valence-corrected chi connectivity index (χ1v) is 11.0. The summed E-state index contributed by atoms with van der Waals surface area (Å²) in [5, 5.41) is 8.12. The van der Waals surface area contributed by atoms with Crippen LogP contribution in [0.5, 0.6) is 0 Å². The van der Waals surface area contributed by atoms with Gasteiger partial charge in [-0.05, 0) is 76.2 Å². The van der Waals surface area contributed by atoms with Gasteiger partial charge in [-0.3, -0.25) is 4.79 Å². The molecule has 3 atom stereocenters. The number of nitrogens with zero attached hydrogens (tertiary/aromatic N) is 4. The highest BCUT2D eigenvalue weighted by atomic mass is 16.2. The molecule has 1 N–H and O–H groups in total. The van der Waals surface area contributed by atoms with Crippen molar-refractivity contribution in [3.05, 3.63) is 12.7 Å². The Labute approximate surface area is 161 Å². The normalized spacial score (nSPS) is 45.7. The summed E-state index contributed by atoms with van der Waals surface area (Å²) in [6.45, 7) is 4.18. The minimum absolute atomic E-state index is 0.0417. The van der Waals surface area contributed by atoms with E-state index in [2.05, 4.69) is 25.0 Å².